The molecule has 0 N–H and O–H groups in total. The number of ether oxygens (including phenoxy) is 2. The van der Waals surface area contributed by atoms with E-state index in [2.05, 4.69) is 24.9 Å². The first kappa shape index (κ1) is 15.0. The molecule has 110 valence electrons. The zero-order chi connectivity index (χ0) is 14.5. The molecule has 0 aromatic heterocycles. The number of carbonyl (C=O) groups is 1. The smallest absolute Gasteiger partial charge is 0.309 e. The maximum atomic E-state index is 11.5. The van der Waals surface area contributed by atoms with E-state index in [-0.39, 0.29) is 12.1 Å². The van der Waals surface area contributed by atoms with Gasteiger partial charge in [0.05, 0.1) is 19.6 Å². The highest BCUT2D eigenvalue weighted by atomic mass is 16.5. The molecule has 2 unspecified atom stereocenters. The molecule has 4 heteroatoms. The zero-order valence-corrected chi connectivity index (χ0v) is 12.5. The maximum absolute atomic E-state index is 11.5. The molecular formula is C16H23NO3. The molecule has 0 radical (unpaired) electrons. The van der Waals surface area contributed by atoms with Crippen LogP contribution in [0.4, 0.5) is 0 Å². The summed E-state index contributed by atoms with van der Waals surface area (Å²) in [6.45, 7) is 3.78. The van der Waals surface area contributed by atoms with Gasteiger partial charge < -0.3 is 9.47 Å². The molecule has 1 fully saturated rings. The topological polar surface area (TPSA) is 38.8 Å². The lowest BCUT2D eigenvalue weighted by atomic mass is 10.0. The number of rotatable bonds is 5. The fourth-order valence-corrected chi connectivity index (χ4v) is 2.80. The molecule has 2 atom stereocenters. The van der Waals surface area contributed by atoms with Crippen molar-refractivity contribution in [2.24, 2.45) is 0 Å². The molecule has 0 amide bonds. The van der Waals surface area contributed by atoms with E-state index in [1.807, 2.05) is 18.2 Å². The van der Waals surface area contributed by atoms with Crippen LogP contribution < -0.4 is 0 Å². The van der Waals surface area contributed by atoms with Crippen molar-refractivity contribution in [3.63, 3.8) is 0 Å². The highest BCUT2D eigenvalue weighted by molar-refractivity contribution is 5.72. The Labute approximate surface area is 120 Å². The van der Waals surface area contributed by atoms with Crippen LogP contribution in [0.1, 0.15) is 24.5 Å². The van der Waals surface area contributed by atoms with E-state index in [9.17, 15) is 4.79 Å². The Kier molecular flexibility index (Phi) is 5.15. The predicted molar refractivity (Wildman–Crippen MR) is 77.4 cm³/mol. The van der Waals surface area contributed by atoms with Gasteiger partial charge in [0, 0.05) is 19.2 Å². The van der Waals surface area contributed by atoms with E-state index < -0.39 is 0 Å². The minimum absolute atomic E-state index is 0.197. The Morgan fingerprint density at radius 2 is 2.10 bits per heavy atom. The van der Waals surface area contributed by atoms with Gasteiger partial charge in [0.25, 0.3) is 0 Å². The lowest BCUT2D eigenvalue weighted by Gasteiger charge is -2.27. The molecule has 2 rings (SSSR count). The van der Waals surface area contributed by atoms with Crippen molar-refractivity contribution in [3.05, 3.63) is 35.4 Å². The molecule has 1 aromatic carbocycles. The van der Waals surface area contributed by atoms with Crippen LogP contribution in [0.15, 0.2) is 24.3 Å². The summed E-state index contributed by atoms with van der Waals surface area (Å²) < 4.78 is 10.4. The van der Waals surface area contributed by atoms with Crippen LogP contribution in [-0.4, -0.2) is 43.8 Å². The summed E-state index contributed by atoms with van der Waals surface area (Å²) in [7, 11) is 3.54. The highest BCUT2D eigenvalue weighted by Gasteiger charge is 2.28. The standard InChI is InChI=1S/C16H23NO3/c1-12-15(8-9-20-12)17(2)11-14-7-5-4-6-13(14)10-16(18)19-3/h4-7,12,15H,8-11H2,1-3H3. The summed E-state index contributed by atoms with van der Waals surface area (Å²) >= 11 is 0. The highest BCUT2D eigenvalue weighted by Crippen LogP contribution is 2.21. The minimum atomic E-state index is -0.197. The second-order valence-corrected chi connectivity index (χ2v) is 5.37. The first-order valence-corrected chi connectivity index (χ1v) is 7.07. The average Bonchev–Trinajstić information content (AvgIpc) is 2.87. The monoisotopic (exact) mass is 277 g/mol. The molecule has 0 spiro atoms. The van der Waals surface area contributed by atoms with E-state index in [0.29, 0.717) is 12.5 Å². The molecule has 0 bridgehead atoms. The fourth-order valence-electron chi connectivity index (χ4n) is 2.80. The first-order valence-electron chi connectivity index (χ1n) is 7.07. The van der Waals surface area contributed by atoms with Crippen molar-refractivity contribution >= 4 is 5.97 Å². The molecule has 4 nitrogen and oxygen atoms in total. The quantitative estimate of drug-likeness (QED) is 0.772. The summed E-state index contributed by atoms with van der Waals surface area (Å²) in [5.74, 6) is -0.197. The summed E-state index contributed by atoms with van der Waals surface area (Å²) in [4.78, 5) is 13.8. The minimum Gasteiger partial charge on any atom is -0.469 e. The summed E-state index contributed by atoms with van der Waals surface area (Å²) in [5, 5.41) is 0. The van der Waals surface area contributed by atoms with Crippen molar-refractivity contribution in [2.45, 2.75) is 38.5 Å². The Morgan fingerprint density at radius 1 is 1.40 bits per heavy atom. The Hall–Kier alpha value is -1.39. The van der Waals surface area contributed by atoms with Crippen molar-refractivity contribution in [1.82, 2.24) is 4.90 Å². The third kappa shape index (κ3) is 3.58. The van der Waals surface area contributed by atoms with Crippen molar-refractivity contribution < 1.29 is 14.3 Å². The van der Waals surface area contributed by atoms with Crippen LogP contribution in [0.5, 0.6) is 0 Å². The van der Waals surface area contributed by atoms with Crippen molar-refractivity contribution in [2.75, 3.05) is 20.8 Å². The number of carbonyl (C=O) groups excluding carboxylic acids is 1. The normalized spacial score (nSPS) is 22.2. The van der Waals surface area contributed by atoms with Crippen LogP contribution in [0.3, 0.4) is 0 Å². The Bertz CT molecular complexity index is 461. The van der Waals surface area contributed by atoms with Crippen molar-refractivity contribution in [1.29, 1.82) is 0 Å². The van der Waals surface area contributed by atoms with Gasteiger partial charge in [-0.1, -0.05) is 24.3 Å². The number of benzene rings is 1. The summed E-state index contributed by atoms with van der Waals surface area (Å²) in [5.41, 5.74) is 2.22. The van der Waals surface area contributed by atoms with E-state index >= 15 is 0 Å². The average molecular weight is 277 g/mol. The van der Waals surface area contributed by atoms with E-state index in [0.717, 1.165) is 25.1 Å². The number of likely N-dealkylation sites (N-methyl/N-ethyl adjacent to an activating group) is 1. The van der Waals surface area contributed by atoms with Crippen LogP contribution in [-0.2, 0) is 27.2 Å². The fraction of sp³-hybridized carbons (Fsp3) is 0.562. The Morgan fingerprint density at radius 3 is 2.70 bits per heavy atom. The number of nitrogens with zero attached hydrogens (tertiary/aromatic N) is 1. The third-order valence-corrected chi connectivity index (χ3v) is 4.00. The maximum Gasteiger partial charge on any atom is 0.309 e. The molecule has 1 aliphatic rings. The van der Waals surface area contributed by atoms with Crippen LogP contribution in [0.25, 0.3) is 0 Å². The number of hydrogen-bond donors (Lipinski definition) is 0. The summed E-state index contributed by atoms with van der Waals surface area (Å²) in [6.07, 6.45) is 1.67. The van der Waals surface area contributed by atoms with Crippen LogP contribution in [0, 0.1) is 0 Å². The Balaban J connectivity index is 2.06. The van der Waals surface area contributed by atoms with Gasteiger partial charge >= 0.3 is 5.97 Å². The van der Waals surface area contributed by atoms with Gasteiger partial charge in [-0.05, 0) is 31.5 Å². The third-order valence-electron chi connectivity index (χ3n) is 4.00. The SMILES string of the molecule is COC(=O)Cc1ccccc1CN(C)C1CCOC1C. The number of esters is 1. The van der Waals surface area contributed by atoms with Gasteiger partial charge in [-0.15, -0.1) is 0 Å². The molecule has 1 aromatic rings. The van der Waals surface area contributed by atoms with Gasteiger partial charge in [-0.25, -0.2) is 0 Å². The summed E-state index contributed by atoms with van der Waals surface area (Å²) in [6, 6.07) is 8.49. The molecular weight excluding hydrogens is 254 g/mol. The first-order chi connectivity index (χ1) is 9.61. The second-order valence-electron chi connectivity index (χ2n) is 5.37. The lowest BCUT2D eigenvalue weighted by molar-refractivity contribution is -0.139. The number of methoxy groups -OCH3 is 1. The molecule has 0 saturated carbocycles. The molecule has 1 heterocycles. The molecule has 1 aliphatic heterocycles. The van der Waals surface area contributed by atoms with E-state index in [4.69, 9.17) is 9.47 Å². The molecule has 0 aliphatic carbocycles. The van der Waals surface area contributed by atoms with Crippen LogP contribution >= 0.6 is 0 Å². The predicted octanol–water partition coefficient (Wildman–Crippen LogP) is 2.01. The van der Waals surface area contributed by atoms with Gasteiger partial charge in [0.15, 0.2) is 0 Å². The second kappa shape index (κ2) is 6.86. The molecule has 1 saturated heterocycles. The zero-order valence-electron chi connectivity index (χ0n) is 12.5. The van der Waals surface area contributed by atoms with Crippen molar-refractivity contribution in [3.8, 4) is 0 Å². The van der Waals surface area contributed by atoms with Gasteiger partial charge in [0.2, 0.25) is 0 Å². The number of hydrogen-bond acceptors (Lipinski definition) is 4. The van der Waals surface area contributed by atoms with E-state index in [1.54, 1.807) is 0 Å². The van der Waals surface area contributed by atoms with Crippen LogP contribution in [0.2, 0.25) is 0 Å². The molecule has 20 heavy (non-hydrogen) atoms. The lowest BCUT2D eigenvalue weighted by Crippen LogP contribution is -2.36. The largest absolute Gasteiger partial charge is 0.469 e. The van der Waals surface area contributed by atoms with Gasteiger partial charge in [0.1, 0.15) is 0 Å². The van der Waals surface area contributed by atoms with E-state index in [1.165, 1.54) is 12.7 Å². The van der Waals surface area contributed by atoms with Gasteiger partial charge in [-0.3, -0.25) is 9.69 Å². The van der Waals surface area contributed by atoms with Gasteiger partial charge in [-0.2, -0.15) is 0 Å².